The summed E-state index contributed by atoms with van der Waals surface area (Å²) in [6.07, 6.45) is -0.514. The largest absolute Gasteiger partial charge is 0.483 e. The Morgan fingerprint density at radius 2 is 1.68 bits per heavy atom. The van der Waals surface area contributed by atoms with Crippen LogP contribution in [0.25, 0.3) is 0 Å². The van der Waals surface area contributed by atoms with E-state index in [1.165, 1.54) is 31.2 Å². The molecule has 7 heteroatoms. The van der Waals surface area contributed by atoms with Crippen LogP contribution in [0.15, 0.2) is 53.7 Å². The van der Waals surface area contributed by atoms with Gasteiger partial charge >= 0.3 is 5.92 Å². The first-order chi connectivity index (χ1) is 13.2. The van der Waals surface area contributed by atoms with E-state index in [0.717, 1.165) is 5.56 Å². The average Bonchev–Trinajstić information content (AvgIpc) is 2.68. The second-order valence-electron chi connectivity index (χ2n) is 6.38. The number of ketones is 1. The second-order valence-corrected chi connectivity index (χ2v) is 6.38. The Hall–Kier alpha value is -2.83. The molecular formula is C21H22F3NO3. The van der Waals surface area contributed by atoms with Crippen LogP contribution in [0.5, 0.6) is 5.75 Å². The van der Waals surface area contributed by atoms with Crippen LogP contribution >= 0.6 is 0 Å². The van der Waals surface area contributed by atoms with Crippen molar-refractivity contribution in [2.45, 2.75) is 39.4 Å². The van der Waals surface area contributed by atoms with Crippen molar-refractivity contribution in [3.8, 4) is 5.75 Å². The zero-order chi connectivity index (χ0) is 20.7. The Kier molecular flexibility index (Phi) is 7.20. The summed E-state index contributed by atoms with van der Waals surface area (Å²) in [4.78, 5) is 16.5. The van der Waals surface area contributed by atoms with Gasteiger partial charge in [-0.1, -0.05) is 29.4 Å². The number of ether oxygens (including phenoxy) is 1. The standard InChI is InChI=1S/C21H22F3NO3/c1-14(18-6-10-20(11-7-18)28-16(3)15(2)26)25-27-12-17-4-8-19(9-5-17)21(23,24)13-22/h4-11,16H,12-13H2,1-3H3. The summed E-state index contributed by atoms with van der Waals surface area (Å²) in [6.45, 7) is 3.27. The maximum atomic E-state index is 13.2. The summed E-state index contributed by atoms with van der Waals surface area (Å²) < 4.78 is 44.3. The van der Waals surface area contributed by atoms with E-state index >= 15 is 0 Å². The number of hydrogen-bond donors (Lipinski definition) is 0. The number of hydrogen-bond acceptors (Lipinski definition) is 4. The fourth-order valence-corrected chi connectivity index (χ4v) is 2.24. The highest BCUT2D eigenvalue weighted by Crippen LogP contribution is 2.28. The number of halogens is 3. The Bertz CT molecular complexity index is 818. The third-order valence-electron chi connectivity index (χ3n) is 4.13. The van der Waals surface area contributed by atoms with Gasteiger partial charge in [0, 0.05) is 5.56 Å². The van der Waals surface area contributed by atoms with Crippen molar-refractivity contribution < 1.29 is 27.5 Å². The Balaban J connectivity index is 1.93. The number of carbonyl (C=O) groups excluding carboxylic acids is 1. The number of benzene rings is 2. The van der Waals surface area contributed by atoms with Crippen molar-refractivity contribution in [3.05, 3.63) is 65.2 Å². The minimum Gasteiger partial charge on any atom is -0.483 e. The summed E-state index contributed by atoms with van der Waals surface area (Å²) in [6, 6.07) is 12.3. The van der Waals surface area contributed by atoms with Crippen molar-refractivity contribution in [3.63, 3.8) is 0 Å². The topological polar surface area (TPSA) is 47.9 Å². The van der Waals surface area contributed by atoms with Crippen LogP contribution in [-0.4, -0.2) is 24.3 Å². The van der Waals surface area contributed by atoms with Gasteiger partial charge in [-0.3, -0.25) is 4.79 Å². The maximum absolute atomic E-state index is 13.2. The molecule has 0 saturated carbocycles. The van der Waals surface area contributed by atoms with Crippen LogP contribution in [0.3, 0.4) is 0 Å². The molecule has 2 rings (SSSR count). The van der Waals surface area contributed by atoms with E-state index in [1.807, 2.05) is 0 Å². The molecule has 0 saturated heterocycles. The van der Waals surface area contributed by atoms with E-state index in [1.54, 1.807) is 38.1 Å². The molecule has 0 amide bonds. The number of rotatable bonds is 9. The first-order valence-electron chi connectivity index (χ1n) is 8.70. The molecule has 1 atom stereocenters. The zero-order valence-electron chi connectivity index (χ0n) is 15.9. The monoisotopic (exact) mass is 393 g/mol. The van der Waals surface area contributed by atoms with Gasteiger partial charge in [0.05, 0.1) is 5.71 Å². The Labute approximate surface area is 162 Å². The van der Waals surface area contributed by atoms with Gasteiger partial charge in [0.25, 0.3) is 0 Å². The molecule has 0 heterocycles. The van der Waals surface area contributed by atoms with Crippen molar-refractivity contribution in [1.82, 2.24) is 0 Å². The van der Waals surface area contributed by atoms with Crippen molar-refractivity contribution in [2.24, 2.45) is 5.16 Å². The summed E-state index contributed by atoms with van der Waals surface area (Å²) in [5.74, 6) is -2.96. The highest BCUT2D eigenvalue weighted by Gasteiger charge is 2.31. The highest BCUT2D eigenvalue weighted by atomic mass is 19.3. The number of carbonyl (C=O) groups is 1. The predicted octanol–water partition coefficient (Wildman–Crippen LogP) is 5.05. The van der Waals surface area contributed by atoms with Gasteiger partial charge in [-0.25, -0.2) is 4.39 Å². The normalized spacial score (nSPS) is 13.1. The van der Waals surface area contributed by atoms with Crippen LogP contribution in [0.1, 0.15) is 37.5 Å². The van der Waals surface area contributed by atoms with Crippen LogP contribution in [0, 0.1) is 0 Å². The molecule has 0 N–H and O–H groups in total. The van der Waals surface area contributed by atoms with Crippen molar-refractivity contribution in [1.29, 1.82) is 0 Å². The molecule has 4 nitrogen and oxygen atoms in total. The van der Waals surface area contributed by atoms with Crippen LogP contribution in [-0.2, 0) is 22.2 Å². The zero-order valence-corrected chi connectivity index (χ0v) is 15.9. The van der Waals surface area contributed by atoms with Crippen molar-refractivity contribution in [2.75, 3.05) is 6.67 Å². The molecule has 28 heavy (non-hydrogen) atoms. The predicted molar refractivity (Wildman–Crippen MR) is 101 cm³/mol. The molecule has 150 valence electrons. The van der Waals surface area contributed by atoms with E-state index in [9.17, 15) is 18.0 Å². The Morgan fingerprint density at radius 3 is 2.21 bits per heavy atom. The molecule has 0 aliphatic heterocycles. The molecule has 0 aliphatic rings. The summed E-state index contributed by atoms with van der Waals surface area (Å²) >= 11 is 0. The molecule has 1 unspecified atom stereocenters. The van der Waals surface area contributed by atoms with Gasteiger partial charge < -0.3 is 9.57 Å². The third-order valence-corrected chi connectivity index (χ3v) is 4.13. The minimum atomic E-state index is -3.48. The molecule has 0 fully saturated rings. The van der Waals surface area contributed by atoms with E-state index in [0.29, 0.717) is 17.0 Å². The van der Waals surface area contributed by atoms with Crippen LogP contribution in [0.4, 0.5) is 13.2 Å². The lowest BCUT2D eigenvalue weighted by Crippen LogP contribution is -2.20. The number of oxime groups is 1. The molecule has 0 spiro atoms. The lowest BCUT2D eigenvalue weighted by atomic mass is 10.1. The molecule has 0 aromatic heterocycles. The second kappa shape index (κ2) is 9.39. The van der Waals surface area contributed by atoms with Gasteiger partial charge in [-0.05, 0) is 56.2 Å². The fourth-order valence-electron chi connectivity index (χ4n) is 2.24. The van der Waals surface area contributed by atoms with E-state index in [2.05, 4.69) is 5.16 Å². The molecule has 2 aromatic rings. The first-order valence-corrected chi connectivity index (χ1v) is 8.70. The summed E-state index contributed by atoms with van der Waals surface area (Å²) in [5.41, 5.74) is 1.68. The van der Waals surface area contributed by atoms with Gasteiger partial charge in [0.2, 0.25) is 0 Å². The molecule has 0 aliphatic carbocycles. The quantitative estimate of drug-likeness (QED) is 0.443. The van der Waals surface area contributed by atoms with Crippen molar-refractivity contribution >= 4 is 11.5 Å². The minimum absolute atomic E-state index is 0.0586. The van der Waals surface area contributed by atoms with E-state index in [4.69, 9.17) is 9.57 Å². The average molecular weight is 393 g/mol. The summed E-state index contributed by atoms with van der Waals surface area (Å²) in [7, 11) is 0. The SMILES string of the molecule is CC(=O)C(C)Oc1ccc(C(C)=NOCc2ccc(C(F)(F)CF)cc2)cc1. The smallest absolute Gasteiger partial charge is 0.301 e. The van der Waals surface area contributed by atoms with E-state index in [-0.39, 0.29) is 18.0 Å². The number of Topliss-reactive ketones (excluding diaryl/α,β-unsaturated/α-hetero) is 1. The van der Waals surface area contributed by atoms with Crippen LogP contribution in [0.2, 0.25) is 0 Å². The van der Waals surface area contributed by atoms with E-state index < -0.39 is 18.7 Å². The highest BCUT2D eigenvalue weighted by molar-refractivity contribution is 5.98. The van der Waals surface area contributed by atoms with Gasteiger partial charge in [-0.15, -0.1) is 0 Å². The summed E-state index contributed by atoms with van der Waals surface area (Å²) in [5, 5.41) is 4.01. The third kappa shape index (κ3) is 5.84. The first kappa shape index (κ1) is 21.5. The Morgan fingerprint density at radius 1 is 1.07 bits per heavy atom. The maximum Gasteiger partial charge on any atom is 0.301 e. The lowest BCUT2D eigenvalue weighted by Gasteiger charge is -2.12. The van der Waals surface area contributed by atoms with Gasteiger partial charge in [0.15, 0.2) is 18.6 Å². The molecule has 0 bridgehead atoms. The van der Waals surface area contributed by atoms with Gasteiger partial charge in [-0.2, -0.15) is 8.78 Å². The number of alkyl halides is 3. The van der Waals surface area contributed by atoms with Gasteiger partial charge in [0.1, 0.15) is 12.4 Å². The van der Waals surface area contributed by atoms with Crippen LogP contribution < -0.4 is 4.74 Å². The lowest BCUT2D eigenvalue weighted by molar-refractivity contribution is -0.122. The fraction of sp³-hybridized carbons (Fsp3) is 0.333. The molecular weight excluding hydrogens is 371 g/mol. The molecule has 0 radical (unpaired) electrons. The molecule has 2 aromatic carbocycles. The number of nitrogens with zero attached hydrogens (tertiary/aromatic N) is 1.